The molecule has 0 aliphatic heterocycles. The van der Waals surface area contributed by atoms with Gasteiger partial charge in [0.05, 0.1) is 13.2 Å². The molecule has 0 aromatic heterocycles. The third-order valence-corrected chi connectivity index (χ3v) is 4.39. The van der Waals surface area contributed by atoms with Crippen molar-refractivity contribution < 1.29 is 9.53 Å². The summed E-state index contributed by atoms with van der Waals surface area (Å²) in [5, 5.41) is 14.3. The zero-order valence-corrected chi connectivity index (χ0v) is 15.3. The Kier molecular flexibility index (Phi) is 5.53. The highest BCUT2D eigenvalue weighted by Gasteiger charge is 2.13. The third kappa shape index (κ3) is 4.34. The van der Waals surface area contributed by atoms with E-state index in [1.807, 2.05) is 79.7 Å². The maximum absolute atomic E-state index is 12.5. The Hall–Kier alpha value is -3.58. The number of carbonyl (C=O) groups is 1. The van der Waals surface area contributed by atoms with Crippen molar-refractivity contribution in [2.45, 2.75) is 13.0 Å². The monoisotopic (exact) mass is 356 g/mol. The minimum absolute atomic E-state index is 0.0747. The van der Waals surface area contributed by atoms with Crippen LogP contribution in [0.15, 0.2) is 72.3 Å². The van der Waals surface area contributed by atoms with Crippen LogP contribution in [0.1, 0.15) is 24.1 Å². The van der Waals surface area contributed by atoms with Crippen molar-refractivity contribution in [1.82, 2.24) is 5.32 Å². The van der Waals surface area contributed by atoms with Crippen LogP contribution in [0.2, 0.25) is 0 Å². The van der Waals surface area contributed by atoms with Gasteiger partial charge in [-0.1, -0.05) is 48.5 Å². The van der Waals surface area contributed by atoms with Crippen LogP contribution in [0.5, 0.6) is 5.75 Å². The van der Waals surface area contributed by atoms with Crippen LogP contribution >= 0.6 is 0 Å². The van der Waals surface area contributed by atoms with E-state index in [2.05, 4.69) is 5.32 Å². The molecule has 3 rings (SSSR count). The van der Waals surface area contributed by atoms with E-state index in [9.17, 15) is 10.1 Å². The molecule has 1 N–H and O–H groups in total. The smallest absolute Gasteiger partial charge is 0.262 e. The van der Waals surface area contributed by atoms with Gasteiger partial charge in [0.15, 0.2) is 0 Å². The summed E-state index contributed by atoms with van der Waals surface area (Å²) in [5.74, 6) is 0.404. The van der Waals surface area contributed by atoms with E-state index < -0.39 is 0 Å². The molecular formula is C23H20N2O2. The molecule has 4 heteroatoms. The average molecular weight is 356 g/mol. The fraction of sp³-hybridized carbons (Fsp3) is 0.130. The Morgan fingerprint density at radius 3 is 2.48 bits per heavy atom. The van der Waals surface area contributed by atoms with Gasteiger partial charge >= 0.3 is 0 Å². The zero-order chi connectivity index (χ0) is 19.2. The number of fused-ring (bicyclic) bond motifs is 1. The van der Waals surface area contributed by atoms with Crippen molar-refractivity contribution in [2.75, 3.05) is 7.11 Å². The second-order valence-corrected chi connectivity index (χ2v) is 6.25. The van der Waals surface area contributed by atoms with Gasteiger partial charge in [-0.2, -0.15) is 5.26 Å². The fourth-order valence-electron chi connectivity index (χ4n) is 2.87. The number of amides is 1. The minimum atomic E-state index is -0.385. The van der Waals surface area contributed by atoms with Crippen LogP contribution in [-0.2, 0) is 4.79 Å². The first kappa shape index (κ1) is 18.2. The van der Waals surface area contributed by atoms with Gasteiger partial charge in [0, 0.05) is 0 Å². The van der Waals surface area contributed by atoms with Gasteiger partial charge in [0.1, 0.15) is 17.4 Å². The van der Waals surface area contributed by atoms with E-state index in [0.717, 1.165) is 27.6 Å². The Morgan fingerprint density at radius 1 is 1.07 bits per heavy atom. The molecule has 0 saturated heterocycles. The van der Waals surface area contributed by atoms with E-state index in [4.69, 9.17) is 4.74 Å². The molecule has 0 saturated carbocycles. The first-order chi connectivity index (χ1) is 13.1. The van der Waals surface area contributed by atoms with E-state index in [0.29, 0.717) is 0 Å². The van der Waals surface area contributed by atoms with Crippen molar-refractivity contribution in [3.05, 3.63) is 83.4 Å². The molecule has 134 valence electrons. The molecule has 0 bridgehead atoms. The number of nitrogens with zero attached hydrogens (tertiary/aromatic N) is 1. The lowest BCUT2D eigenvalue weighted by Crippen LogP contribution is -2.27. The summed E-state index contributed by atoms with van der Waals surface area (Å²) in [6, 6.07) is 23.0. The second-order valence-electron chi connectivity index (χ2n) is 6.25. The topological polar surface area (TPSA) is 62.1 Å². The van der Waals surface area contributed by atoms with Crippen molar-refractivity contribution >= 4 is 22.8 Å². The van der Waals surface area contributed by atoms with Crippen LogP contribution in [0.25, 0.3) is 16.8 Å². The lowest BCUT2D eigenvalue weighted by molar-refractivity contribution is -0.117. The van der Waals surface area contributed by atoms with Crippen LogP contribution < -0.4 is 10.1 Å². The van der Waals surface area contributed by atoms with Crippen molar-refractivity contribution in [2.24, 2.45) is 0 Å². The van der Waals surface area contributed by atoms with Crippen LogP contribution in [-0.4, -0.2) is 13.0 Å². The Labute approximate surface area is 158 Å². The molecule has 0 aliphatic rings. The molecule has 0 fully saturated rings. The second kappa shape index (κ2) is 8.20. The number of nitriles is 1. The van der Waals surface area contributed by atoms with Gasteiger partial charge in [0.2, 0.25) is 0 Å². The number of hydrogen-bond donors (Lipinski definition) is 1. The number of benzene rings is 3. The van der Waals surface area contributed by atoms with Crippen molar-refractivity contribution in [1.29, 1.82) is 5.26 Å². The maximum Gasteiger partial charge on any atom is 0.262 e. The fourth-order valence-corrected chi connectivity index (χ4v) is 2.87. The SMILES string of the molecule is COc1ccc2cc(/C=C(\C#N)C(=O)N[C@H](C)c3ccccc3)ccc2c1. The summed E-state index contributed by atoms with van der Waals surface area (Å²) in [5.41, 5.74) is 1.86. The molecule has 4 nitrogen and oxygen atoms in total. The molecule has 1 atom stereocenters. The molecule has 0 spiro atoms. The number of rotatable bonds is 5. The highest BCUT2D eigenvalue weighted by atomic mass is 16.5. The predicted octanol–water partition coefficient (Wildman–Crippen LogP) is 4.63. The third-order valence-electron chi connectivity index (χ3n) is 4.39. The number of hydrogen-bond acceptors (Lipinski definition) is 3. The molecule has 0 unspecified atom stereocenters. The summed E-state index contributed by atoms with van der Waals surface area (Å²) in [6.07, 6.45) is 1.61. The lowest BCUT2D eigenvalue weighted by atomic mass is 10.0. The minimum Gasteiger partial charge on any atom is -0.497 e. The Bertz CT molecular complexity index is 1030. The molecule has 3 aromatic rings. The largest absolute Gasteiger partial charge is 0.497 e. The van der Waals surface area contributed by atoms with Gasteiger partial charge in [-0.25, -0.2) is 0 Å². The van der Waals surface area contributed by atoms with E-state index in [-0.39, 0.29) is 17.5 Å². The number of ether oxygens (including phenoxy) is 1. The van der Waals surface area contributed by atoms with Gasteiger partial charge in [-0.15, -0.1) is 0 Å². The average Bonchev–Trinajstić information content (AvgIpc) is 2.71. The van der Waals surface area contributed by atoms with Crippen molar-refractivity contribution in [3.8, 4) is 11.8 Å². The molecular weight excluding hydrogens is 336 g/mol. The number of nitrogens with one attached hydrogen (secondary N) is 1. The summed E-state index contributed by atoms with van der Waals surface area (Å²) >= 11 is 0. The summed E-state index contributed by atoms with van der Waals surface area (Å²) in [4.78, 5) is 12.5. The van der Waals surface area contributed by atoms with Crippen LogP contribution in [0.3, 0.4) is 0 Å². The Morgan fingerprint density at radius 2 is 1.78 bits per heavy atom. The highest BCUT2D eigenvalue weighted by molar-refractivity contribution is 6.02. The molecule has 1 amide bonds. The molecule has 3 aromatic carbocycles. The van der Waals surface area contributed by atoms with Crippen LogP contribution in [0, 0.1) is 11.3 Å². The predicted molar refractivity (Wildman–Crippen MR) is 107 cm³/mol. The molecule has 27 heavy (non-hydrogen) atoms. The van der Waals surface area contributed by atoms with E-state index in [1.54, 1.807) is 13.2 Å². The summed E-state index contributed by atoms with van der Waals surface area (Å²) < 4.78 is 5.23. The molecule has 0 aliphatic carbocycles. The Balaban J connectivity index is 1.82. The number of methoxy groups -OCH3 is 1. The van der Waals surface area contributed by atoms with E-state index in [1.165, 1.54) is 0 Å². The summed E-state index contributed by atoms with van der Waals surface area (Å²) in [6.45, 7) is 1.89. The lowest BCUT2D eigenvalue weighted by Gasteiger charge is -2.13. The van der Waals surface area contributed by atoms with Crippen LogP contribution in [0.4, 0.5) is 0 Å². The van der Waals surface area contributed by atoms with Gasteiger partial charge in [0.25, 0.3) is 5.91 Å². The first-order valence-electron chi connectivity index (χ1n) is 8.66. The summed E-state index contributed by atoms with van der Waals surface area (Å²) in [7, 11) is 1.63. The first-order valence-corrected chi connectivity index (χ1v) is 8.66. The maximum atomic E-state index is 12.5. The number of carbonyl (C=O) groups excluding carboxylic acids is 1. The van der Waals surface area contributed by atoms with Gasteiger partial charge in [-0.05, 0) is 53.1 Å². The standard InChI is InChI=1S/C23H20N2O2/c1-16(18-6-4-3-5-7-18)25-23(26)21(15-24)13-17-8-9-20-14-22(27-2)11-10-19(20)12-17/h3-14,16H,1-2H3,(H,25,26)/b21-13+/t16-/m1/s1. The zero-order valence-electron chi connectivity index (χ0n) is 15.3. The molecule has 0 heterocycles. The van der Waals surface area contributed by atoms with Gasteiger partial charge < -0.3 is 10.1 Å². The molecule has 0 radical (unpaired) electrons. The van der Waals surface area contributed by atoms with Gasteiger partial charge in [-0.3, -0.25) is 4.79 Å². The normalized spacial score (nSPS) is 12.3. The van der Waals surface area contributed by atoms with E-state index >= 15 is 0 Å². The highest BCUT2D eigenvalue weighted by Crippen LogP contribution is 2.23. The quantitative estimate of drug-likeness (QED) is 0.535. The van der Waals surface area contributed by atoms with Crippen molar-refractivity contribution in [3.63, 3.8) is 0 Å².